The number of piperidine rings is 1. The lowest BCUT2D eigenvalue weighted by Crippen LogP contribution is -2.43. The third-order valence-corrected chi connectivity index (χ3v) is 9.93. The van der Waals surface area contributed by atoms with Gasteiger partial charge in [0.1, 0.15) is 16.3 Å². The standard InChI is InChI=1S/C20H26N4O7S2/c1-13-19(14(2)31-22-13)33(29,30)23-8-3-5-15(12-23)20(26)21-17-11-16(6-7-18(17)25)24-9-4-10-32(24,27)28/h6-7,11,15,25H,3-5,8-10,12H2,1-2H3,(H,21,26). The Morgan fingerprint density at radius 1 is 1.24 bits per heavy atom. The fourth-order valence-electron chi connectivity index (χ4n) is 4.29. The molecule has 2 aliphatic heterocycles. The highest BCUT2D eigenvalue weighted by molar-refractivity contribution is 7.93. The van der Waals surface area contributed by atoms with E-state index < -0.39 is 31.9 Å². The van der Waals surface area contributed by atoms with Gasteiger partial charge in [0, 0.05) is 19.6 Å². The Bertz CT molecular complexity index is 1270. The number of rotatable bonds is 5. The van der Waals surface area contributed by atoms with Crippen molar-refractivity contribution in [1.82, 2.24) is 9.46 Å². The van der Waals surface area contributed by atoms with Gasteiger partial charge in [0.05, 0.1) is 23.0 Å². The molecule has 1 amide bonds. The van der Waals surface area contributed by atoms with Gasteiger partial charge >= 0.3 is 0 Å². The van der Waals surface area contributed by atoms with Crippen LogP contribution < -0.4 is 9.62 Å². The Labute approximate surface area is 192 Å². The molecular formula is C20H26N4O7S2. The number of aryl methyl sites for hydroxylation is 2. The molecule has 1 aromatic carbocycles. The third-order valence-electron chi connectivity index (χ3n) is 5.95. The predicted octanol–water partition coefficient (Wildman–Crippen LogP) is 1.58. The molecule has 0 bridgehead atoms. The van der Waals surface area contributed by atoms with Crippen molar-refractivity contribution in [2.45, 2.75) is 38.0 Å². The Morgan fingerprint density at radius 2 is 2.00 bits per heavy atom. The Kier molecular flexibility index (Phi) is 6.14. The first-order valence-corrected chi connectivity index (χ1v) is 13.6. The summed E-state index contributed by atoms with van der Waals surface area (Å²) in [6, 6.07) is 4.22. The number of hydrogen-bond acceptors (Lipinski definition) is 8. The number of aromatic nitrogens is 1. The Morgan fingerprint density at radius 3 is 2.64 bits per heavy atom. The van der Waals surface area contributed by atoms with E-state index in [0.29, 0.717) is 31.5 Å². The molecule has 33 heavy (non-hydrogen) atoms. The molecule has 3 heterocycles. The van der Waals surface area contributed by atoms with Gasteiger partial charge in [0.2, 0.25) is 26.0 Å². The van der Waals surface area contributed by atoms with Gasteiger partial charge in [-0.15, -0.1) is 0 Å². The molecule has 1 unspecified atom stereocenters. The van der Waals surface area contributed by atoms with Crippen LogP contribution in [0.25, 0.3) is 0 Å². The molecule has 0 spiro atoms. The Balaban J connectivity index is 1.52. The van der Waals surface area contributed by atoms with Crippen LogP contribution in [-0.2, 0) is 24.8 Å². The SMILES string of the molecule is Cc1noc(C)c1S(=O)(=O)N1CCCC(C(=O)Nc2cc(N3CCCS3(=O)=O)ccc2O)C1. The molecule has 0 radical (unpaired) electrons. The highest BCUT2D eigenvalue weighted by Crippen LogP contribution is 2.33. The zero-order chi connectivity index (χ0) is 24.0. The molecule has 1 aromatic heterocycles. The predicted molar refractivity (Wildman–Crippen MR) is 120 cm³/mol. The minimum absolute atomic E-state index is 0.0146. The van der Waals surface area contributed by atoms with Gasteiger partial charge in [-0.05, 0) is 51.3 Å². The number of sulfonamides is 2. The second-order valence-corrected chi connectivity index (χ2v) is 12.2. The summed E-state index contributed by atoms with van der Waals surface area (Å²) in [5.74, 6) is -1.07. The van der Waals surface area contributed by atoms with Crippen LogP contribution in [-0.4, -0.2) is 62.7 Å². The minimum atomic E-state index is -3.88. The number of phenols is 1. The van der Waals surface area contributed by atoms with Crippen LogP contribution in [0.15, 0.2) is 27.6 Å². The lowest BCUT2D eigenvalue weighted by Gasteiger charge is -2.31. The fraction of sp³-hybridized carbons (Fsp3) is 0.500. The first-order chi connectivity index (χ1) is 15.5. The molecule has 11 nitrogen and oxygen atoms in total. The maximum absolute atomic E-state index is 13.1. The highest BCUT2D eigenvalue weighted by atomic mass is 32.2. The second-order valence-electron chi connectivity index (χ2n) is 8.29. The van der Waals surface area contributed by atoms with Gasteiger partial charge in [0.25, 0.3) is 0 Å². The van der Waals surface area contributed by atoms with E-state index in [9.17, 15) is 26.7 Å². The van der Waals surface area contributed by atoms with Gasteiger partial charge in [-0.2, -0.15) is 4.31 Å². The molecule has 2 saturated heterocycles. The number of anilines is 2. The van der Waals surface area contributed by atoms with E-state index in [1.54, 1.807) is 6.92 Å². The number of benzene rings is 1. The highest BCUT2D eigenvalue weighted by Gasteiger charge is 2.37. The lowest BCUT2D eigenvalue weighted by atomic mass is 9.98. The van der Waals surface area contributed by atoms with Crippen molar-refractivity contribution in [2.24, 2.45) is 5.92 Å². The second kappa shape index (κ2) is 8.61. The van der Waals surface area contributed by atoms with Crippen molar-refractivity contribution < 1.29 is 31.3 Å². The van der Waals surface area contributed by atoms with E-state index >= 15 is 0 Å². The normalized spacial score (nSPS) is 21.3. The zero-order valence-electron chi connectivity index (χ0n) is 18.3. The number of carbonyl (C=O) groups excluding carboxylic acids is 1. The summed E-state index contributed by atoms with van der Waals surface area (Å²) in [7, 11) is -7.30. The zero-order valence-corrected chi connectivity index (χ0v) is 19.9. The van der Waals surface area contributed by atoms with E-state index in [1.165, 1.54) is 33.7 Å². The van der Waals surface area contributed by atoms with Crippen molar-refractivity contribution in [3.8, 4) is 5.75 Å². The van der Waals surface area contributed by atoms with E-state index in [1.807, 2.05) is 0 Å². The number of amides is 1. The first-order valence-electron chi connectivity index (χ1n) is 10.6. The molecule has 180 valence electrons. The Hall–Kier alpha value is -2.64. The van der Waals surface area contributed by atoms with E-state index in [2.05, 4.69) is 10.5 Å². The monoisotopic (exact) mass is 498 g/mol. The van der Waals surface area contributed by atoms with Crippen molar-refractivity contribution >= 4 is 37.3 Å². The minimum Gasteiger partial charge on any atom is -0.506 e. The lowest BCUT2D eigenvalue weighted by molar-refractivity contribution is -0.120. The molecule has 2 aromatic rings. The number of aromatic hydroxyl groups is 1. The summed E-state index contributed by atoms with van der Waals surface area (Å²) in [5, 5.41) is 16.6. The molecule has 0 aliphatic carbocycles. The van der Waals surface area contributed by atoms with Gasteiger partial charge in [-0.25, -0.2) is 16.8 Å². The molecule has 2 N–H and O–H groups in total. The molecule has 1 atom stereocenters. The van der Waals surface area contributed by atoms with Crippen LogP contribution in [0.3, 0.4) is 0 Å². The maximum atomic E-state index is 13.1. The van der Waals surface area contributed by atoms with E-state index in [-0.39, 0.29) is 46.6 Å². The summed E-state index contributed by atoms with van der Waals surface area (Å²) < 4.78 is 58.1. The number of hydrogen-bond donors (Lipinski definition) is 2. The summed E-state index contributed by atoms with van der Waals surface area (Å²) in [6.07, 6.45) is 1.46. The summed E-state index contributed by atoms with van der Waals surface area (Å²) in [6.45, 7) is 3.64. The molecule has 2 aliphatic rings. The smallest absolute Gasteiger partial charge is 0.248 e. The van der Waals surface area contributed by atoms with Crippen LogP contribution in [0.2, 0.25) is 0 Å². The quantitative estimate of drug-likeness (QED) is 0.590. The van der Waals surface area contributed by atoms with Gasteiger partial charge in [-0.3, -0.25) is 9.10 Å². The molecule has 13 heteroatoms. The van der Waals surface area contributed by atoms with Crippen molar-refractivity contribution in [1.29, 1.82) is 0 Å². The topological polar surface area (TPSA) is 150 Å². The number of nitrogens with one attached hydrogen (secondary N) is 1. The van der Waals surface area contributed by atoms with Crippen LogP contribution in [0.5, 0.6) is 5.75 Å². The van der Waals surface area contributed by atoms with Crippen molar-refractivity contribution in [2.75, 3.05) is 35.0 Å². The van der Waals surface area contributed by atoms with Gasteiger partial charge in [-0.1, -0.05) is 5.16 Å². The van der Waals surface area contributed by atoms with Crippen LogP contribution in [0, 0.1) is 19.8 Å². The summed E-state index contributed by atoms with van der Waals surface area (Å²) >= 11 is 0. The van der Waals surface area contributed by atoms with Crippen LogP contribution in [0.1, 0.15) is 30.7 Å². The molecule has 4 rings (SSSR count). The molecule has 0 saturated carbocycles. The van der Waals surface area contributed by atoms with Crippen LogP contribution in [0.4, 0.5) is 11.4 Å². The van der Waals surface area contributed by atoms with E-state index in [4.69, 9.17) is 4.52 Å². The third kappa shape index (κ3) is 4.44. The largest absolute Gasteiger partial charge is 0.506 e. The van der Waals surface area contributed by atoms with Crippen LogP contribution >= 0.6 is 0 Å². The average molecular weight is 499 g/mol. The first kappa shape index (κ1) is 23.5. The molecule has 2 fully saturated rings. The van der Waals surface area contributed by atoms with Crippen molar-refractivity contribution in [3.63, 3.8) is 0 Å². The van der Waals surface area contributed by atoms with Crippen molar-refractivity contribution in [3.05, 3.63) is 29.7 Å². The fourth-order valence-corrected chi connectivity index (χ4v) is 7.66. The van der Waals surface area contributed by atoms with Gasteiger partial charge < -0.3 is 14.9 Å². The maximum Gasteiger partial charge on any atom is 0.248 e. The van der Waals surface area contributed by atoms with Gasteiger partial charge in [0.15, 0.2) is 5.76 Å². The summed E-state index contributed by atoms with van der Waals surface area (Å²) in [4.78, 5) is 13.0. The summed E-state index contributed by atoms with van der Waals surface area (Å²) in [5.41, 5.74) is 0.690. The number of phenolic OH excluding ortho intramolecular Hbond substituents is 1. The molecular weight excluding hydrogens is 472 g/mol. The van der Waals surface area contributed by atoms with E-state index in [0.717, 1.165) is 0 Å². The number of nitrogens with zero attached hydrogens (tertiary/aromatic N) is 3. The number of carbonyl (C=O) groups is 1. The average Bonchev–Trinajstić information content (AvgIpc) is 3.30.